The standard InChI is InChI=1S/C15H11Cl2FN2O2/c16-13-5-4-10(6-14(13)17)8-19-20-15(21)9-22-12-3-1-2-11(18)7-12/h1-8H,9H2,(H,20,21)/b19-8-. The predicted octanol–water partition coefficient (Wildman–Crippen LogP) is 3.66. The van der Waals surface area contributed by atoms with Gasteiger partial charge in [-0.05, 0) is 29.8 Å². The first-order valence-corrected chi connectivity index (χ1v) is 6.95. The van der Waals surface area contributed by atoms with Gasteiger partial charge in [-0.15, -0.1) is 0 Å². The number of ether oxygens (including phenoxy) is 1. The van der Waals surface area contributed by atoms with Gasteiger partial charge in [0.1, 0.15) is 11.6 Å². The quantitative estimate of drug-likeness (QED) is 0.667. The fraction of sp³-hybridized carbons (Fsp3) is 0.0667. The van der Waals surface area contributed by atoms with Crippen molar-refractivity contribution < 1.29 is 13.9 Å². The monoisotopic (exact) mass is 340 g/mol. The van der Waals surface area contributed by atoms with Crippen molar-refractivity contribution >= 4 is 35.3 Å². The predicted molar refractivity (Wildman–Crippen MR) is 84.1 cm³/mol. The zero-order valence-corrected chi connectivity index (χ0v) is 12.7. The maximum absolute atomic E-state index is 12.9. The third-order valence-corrected chi connectivity index (χ3v) is 3.25. The smallest absolute Gasteiger partial charge is 0.277 e. The Kier molecular flexibility index (Phi) is 5.75. The molecule has 1 N–H and O–H groups in total. The molecular weight excluding hydrogens is 330 g/mol. The minimum absolute atomic E-state index is 0.267. The van der Waals surface area contributed by atoms with Gasteiger partial charge in [-0.3, -0.25) is 4.79 Å². The summed E-state index contributed by atoms with van der Waals surface area (Å²) in [7, 11) is 0. The maximum Gasteiger partial charge on any atom is 0.277 e. The van der Waals surface area contributed by atoms with Crippen LogP contribution in [-0.4, -0.2) is 18.7 Å². The Labute approximate surface area is 136 Å². The Morgan fingerprint density at radius 2 is 2.05 bits per heavy atom. The van der Waals surface area contributed by atoms with Crippen molar-refractivity contribution in [1.82, 2.24) is 5.43 Å². The van der Waals surface area contributed by atoms with Gasteiger partial charge in [0.2, 0.25) is 0 Å². The number of nitrogens with one attached hydrogen (secondary N) is 1. The van der Waals surface area contributed by atoms with Crippen molar-refractivity contribution in [3.05, 3.63) is 63.9 Å². The van der Waals surface area contributed by atoms with Crippen LogP contribution in [0.25, 0.3) is 0 Å². The van der Waals surface area contributed by atoms with Gasteiger partial charge in [0, 0.05) is 6.07 Å². The van der Waals surface area contributed by atoms with E-state index >= 15 is 0 Å². The molecule has 0 atom stereocenters. The molecule has 0 fully saturated rings. The molecule has 0 aliphatic rings. The minimum atomic E-state index is -0.472. The van der Waals surface area contributed by atoms with Gasteiger partial charge in [0.05, 0.1) is 16.3 Å². The lowest BCUT2D eigenvalue weighted by molar-refractivity contribution is -0.123. The van der Waals surface area contributed by atoms with Crippen molar-refractivity contribution in [3.63, 3.8) is 0 Å². The van der Waals surface area contributed by atoms with Crippen molar-refractivity contribution in [2.75, 3.05) is 6.61 Å². The Bertz CT molecular complexity index is 708. The molecule has 0 aliphatic heterocycles. The summed E-state index contributed by atoms with van der Waals surface area (Å²) < 4.78 is 18.0. The lowest BCUT2D eigenvalue weighted by Gasteiger charge is -2.04. The van der Waals surface area contributed by atoms with Crippen LogP contribution in [0.3, 0.4) is 0 Å². The molecule has 2 aromatic rings. The molecule has 2 rings (SSSR count). The van der Waals surface area contributed by atoms with E-state index in [9.17, 15) is 9.18 Å². The zero-order chi connectivity index (χ0) is 15.9. The normalized spacial score (nSPS) is 10.7. The molecular formula is C15H11Cl2FN2O2. The van der Waals surface area contributed by atoms with Crippen molar-refractivity contribution in [1.29, 1.82) is 0 Å². The molecule has 0 radical (unpaired) electrons. The highest BCUT2D eigenvalue weighted by Crippen LogP contribution is 2.21. The summed E-state index contributed by atoms with van der Waals surface area (Å²) in [6, 6.07) is 10.5. The summed E-state index contributed by atoms with van der Waals surface area (Å²) >= 11 is 11.6. The summed E-state index contributed by atoms with van der Waals surface area (Å²) in [6.07, 6.45) is 1.42. The number of carbonyl (C=O) groups is 1. The summed E-state index contributed by atoms with van der Waals surface area (Å²) in [6.45, 7) is -0.276. The topological polar surface area (TPSA) is 50.7 Å². The number of hydrogen-bond donors (Lipinski definition) is 1. The summed E-state index contributed by atoms with van der Waals surface area (Å²) in [4.78, 5) is 11.5. The van der Waals surface area contributed by atoms with Gasteiger partial charge in [-0.2, -0.15) is 5.10 Å². The van der Waals surface area contributed by atoms with Gasteiger partial charge >= 0.3 is 0 Å². The van der Waals surface area contributed by atoms with E-state index in [0.717, 1.165) is 0 Å². The molecule has 4 nitrogen and oxygen atoms in total. The first-order valence-electron chi connectivity index (χ1n) is 6.20. The van der Waals surface area contributed by atoms with E-state index in [2.05, 4.69) is 10.5 Å². The average molecular weight is 341 g/mol. The highest BCUT2D eigenvalue weighted by atomic mass is 35.5. The number of rotatable bonds is 5. The average Bonchev–Trinajstić information content (AvgIpc) is 2.49. The molecule has 0 aromatic heterocycles. The zero-order valence-electron chi connectivity index (χ0n) is 11.2. The Morgan fingerprint density at radius 3 is 2.77 bits per heavy atom. The fourth-order valence-corrected chi connectivity index (χ4v) is 1.82. The minimum Gasteiger partial charge on any atom is -0.484 e. The van der Waals surface area contributed by atoms with Crippen LogP contribution in [0.4, 0.5) is 4.39 Å². The van der Waals surface area contributed by atoms with Gasteiger partial charge in [-0.1, -0.05) is 35.3 Å². The largest absolute Gasteiger partial charge is 0.484 e. The van der Waals surface area contributed by atoms with Crippen LogP contribution < -0.4 is 10.2 Å². The molecule has 0 bridgehead atoms. The number of hydrazone groups is 1. The van der Waals surface area contributed by atoms with Gasteiger partial charge in [0.15, 0.2) is 6.61 Å². The highest BCUT2D eigenvalue weighted by Gasteiger charge is 2.02. The SMILES string of the molecule is O=C(COc1cccc(F)c1)N/N=C\c1ccc(Cl)c(Cl)c1. The van der Waals surface area contributed by atoms with E-state index in [-0.39, 0.29) is 12.4 Å². The van der Waals surface area contributed by atoms with Crippen molar-refractivity contribution in [2.45, 2.75) is 0 Å². The molecule has 0 unspecified atom stereocenters. The van der Waals surface area contributed by atoms with Crippen molar-refractivity contribution in [3.8, 4) is 5.75 Å². The summed E-state index contributed by atoms with van der Waals surface area (Å²) in [5, 5.41) is 4.59. The first-order chi connectivity index (χ1) is 10.5. The van der Waals surface area contributed by atoms with Gasteiger partial charge < -0.3 is 4.74 Å². The van der Waals surface area contributed by atoms with E-state index < -0.39 is 11.7 Å². The van der Waals surface area contributed by atoms with E-state index in [1.54, 1.807) is 24.3 Å². The van der Waals surface area contributed by atoms with Crippen LogP contribution in [0.2, 0.25) is 10.0 Å². The van der Waals surface area contributed by atoms with Crippen LogP contribution in [-0.2, 0) is 4.79 Å². The second-order valence-electron chi connectivity index (χ2n) is 4.21. The first kappa shape index (κ1) is 16.3. The number of amides is 1. The van der Waals surface area contributed by atoms with Crippen LogP contribution >= 0.6 is 23.2 Å². The number of carbonyl (C=O) groups excluding carboxylic acids is 1. The molecule has 0 spiro atoms. The number of halogens is 3. The van der Waals surface area contributed by atoms with Crippen LogP contribution in [0.15, 0.2) is 47.6 Å². The number of benzene rings is 2. The third kappa shape index (κ3) is 5.02. The lowest BCUT2D eigenvalue weighted by atomic mass is 10.2. The van der Waals surface area contributed by atoms with Crippen LogP contribution in [0.5, 0.6) is 5.75 Å². The third-order valence-electron chi connectivity index (χ3n) is 2.51. The summed E-state index contributed by atoms with van der Waals surface area (Å²) in [5.41, 5.74) is 2.97. The fourth-order valence-electron chi connectivity index (χ4n) is 1.51. The molecule has 7 heteroatoms. The Balaban J connectivity index is 1.82. The van der Waals surface area contributed by atoms with E-state index in [4.69, 9.17) is 27.9 Å². The van der Waals surface area contributed by atoms with E-state index in [1.165, 1.54) is 24.4 Å². The van der Waals surface area contributed by atoms with Gasteiger partial charge in [0.25, 0.3) is 5.91 Å². The second-order valence-corrected chi connectivity index (χ2v) is 5.03. The molecule has 2 aromatic carbocycles. The van der Waals surface area contributed by atoms with Crippen LogP contribution in [0, 0.1) is 5.82 Å². The molecule has 0 heterocycles. The summed E-state index contributed by atoms with van der Waals surface area (Å²) in [5.74, 6) is -0.639. The van der Waals surface area contributed by atoms with E-state index in [1.807, 2.05) is 0 Å². The molecule has 0 saturated carbocycles. The second kappa shape index (κ2) is 7.77. The van der Waals surface area contributed by atoms with Crippen molar-refractivity contribution in [2.24, 2.45) is 5.10 Å². The maximum atomic E-state index is 12.9. The lowest BCUT2D eigenvalue weighted by Crippen LogP contribution is -2.24. The molecule has 114 valence electrons. The molecule has 0 aliphatic carbocycles. The van der Waals surface area contributed by atoms with Crippen LogP contribution in [0.1, 0.15) is 5.56 Å². The number of hydrogen-bond acceptors (Lipinski definition) is 3. The van der Waals surface area contributed by atoms with E-state index in [0.29, 0.717) is 15.6 Å². The molecule has 22 heavy (non-hydrogen) atoms. The number of nitrogens with zero attached hydrogens (tertiary/aromatic N) is 1. The Morgan fingerprint density at radius 1 is 1.23 bits per heavy atom. The molecule has 1 amide bonds. The van der Waals surface area contributed by atoms with Gasteiger partial charge in [-0.25, -0.2) is 9.82 Å². The Hall–Kier alpha value is -2.11. The highest BCUT2D eigenvalue weighted by molar-refractivity contribution is 6.42. The molecule has 0 saturated heterocycles.